The van der Waals surface area contributed by atoms with Crippen molar-refractivity contribution in [1.82, 2.24) is 0 Å². The van der Waals surface area contributed by atoms with Crippen molar-refractivity contribution in [2.24, 2.45) is 17.8 Å². The highest BCUT2D eigenvalue weighted by Gasteiger charge is 2.30. The van der Waals surface area contributed by atoms with Gasteiger partial charge >= 0.3 is 39.5 Å². The van der Waals surface area contributed by atoms with Crippen LogP contribution in [-0.2, 0) is 65.4 Å². The lowest BCUT2D eigenvalue weighted by Crippen LogP contribution is -2.30. The molecule has 0 heterocycles. The summed E-state index contributed by atoms with van der Waals surface area (Å²) in [6, 6.07) is 0. The van der Waals surface area contributed by atoms with Crippen molar-refractivity contribution in [3.8, 4) is 0 Å². The molecule has 0 aliphatic rings. The second kappa shape index (κ2) is 59.1. The number of phosphoric acid groups is 2. The lowest BCUT2D eigenvalue weighted by Gasteiger charge is -2.21. The molecule has 19 heteroatoms. The summed E-state index contributed by atoms with van der Waals surface area (Å²) in [4.78, 5) is 72.4. The smallest absolute Gasteiger partial charge is 0.462 e. The fourth-order valence-electron chi connectivity index (χ4n) is 10.2. The van der Waals surface area contributed by atoms with Gasteiger partial charge in [-0.25, -0.2) is 9.13 Å². The van der Waals surface area contributed by atoms with Crippen molar-refractivity contribution in [2.75, 3.05) is 39.6 Å². The number of esters is 4. The van der Waals surface area contributed by atoms with E-state index >= 15 is 0 Å². The lowest BCUT2D eigenvalue weighted by atomic mass is 9.99. The fraction of sp³-hybridized carbons (Fsp3) is 0.941. The van der Waals surface area contributed by atoms with Crippen molar-refractivity contribution < 1.29 is 80.2 Å². The zero-order valence-corrected chi connectivity index (χ0v) is 58.3. The molecule has 0 aromatic heterocycles. The van der Waals surface area contributed by atoms with Gasteiger partial charge in [-0.2, -0.15) is 0 Å². The molecule has 6 atom stereocenters. The van der Waals surface area contributed by atoms with Crippen molar-refractivity contribution in [3.05, 3.63) is 0 Å². The Kier molecular flexibility index (Phi) is 57.8. The normalized spacial score (nSPS) is 14.6. The molecular formula is C68H132O17P2. The minimum atomic E-state index is -4.95. The maximum Gasteiger partial charge on any atom is 0.472 e. The highest BCUT2D eigenvalue weighted by atomic mass is 31.2. The summed E-state index contributed by atoms with van der Waals surface area (Å²) in [5.74, 6) is 0.0196. The summed E-state index contributed by atoms with van der Waals surface area (Å²) in [7, 11) is -9.90. The number of ether oxygens (including phenoxy) is 4. The number of carbonyl (C=O) groups excluding carboxylic acids is 4. The third-order valence-corrected chi connectivity index (χ3v) is 17.9. The van der Waals surface area contributed by atoms with Crippen LogP contribution in [0.5, 0.6) is 0 Å². The predicted octanol–water partition coefficient (Wildman–Crippen LogP) is 19.1. The van der Waals surface area contributed by atoms with Gasteiger partial charge in [0.1, 0.15) is 19.3 Å². The van der Waals surface area contributed by atoms with E-state index in [0.717, 1.165) is 102 Å². The third-order valence-electron chi connectivity index (χ3n) is 16.0. The van der Waals surface area contributed by atoms with E-state index in [-0.39, 0.29) is 25.7 Å². The molecule has 516 valence electrons. The van der Waals surface area contributed by atoms with Crippen LogP contribution in [0.4, 0.5) is 0 Å². The lowest BCUT2D eigenvalue weighted by molar-refractivity contribution is -0.161. The van der Waals surface area contributed by atoms with Crippen LogP contribution in [0.15, 0.2) is 0 Å². The number of hydrogen-bond donors (Lipinski definition) is 3. The molecule has 0 radical (unpaired) electrons. The van der Waals surface area contributed by atoms with Gasteiger partial charge in [0.15, 0.2) is 12.2 Å². The van der Waals surface area contributed by atoms with E-state index in [0.29, 0.717) is 37.5 Å². The summed E-state index contributed by atoms with van der Waals surface area (Å²) in [6.07, 6.45) is 41.9. The highest BCUT2D eigenvalue weighted by molar-refractivity contribution is 7.47. The molecule has 17 nitrogen and oxygen atoms in total. The zero-order valence-electron chi connectivity index (χ0n) is 56.5. The van der Waals surface area contributed by atoms with Gasteiger partial charge in [0.05, 0.1) is 26.4 Å². The van der Waals surface area contributed by atoms with E-state index in [1.54, 1.807) is 0 Å². The van der Waals surface area contributed by atoms with Gasteiger partial charge in [0, 0.05) is 25.7 Å². The fourth-order valence-corrected chi connectivity index (χ4v) is 11.7. The number of unbranched alkanes of at least 4 members (excludes halogenated alkanes) is 33. The molecule has 0 rings (SSSR count). The number of phosphoric ester groups is 2. The molecule has 0 aliphatic heterocycles. The Balaban J connectivity index is 5.24. The quantitative estimate of drug-likeness (QED) is 0.0222. The van der Waals surface area contributed by atoms with Crippen molar-refractivity contribution in [1.29, 1.82) is 0 Å². The number of aliphatic hydroxyl groups is 1. The van der Waals surface area contributed by atoms with E-state index < -0.39 is 97.5 Å². The second-order valence-electron chi connectivity index (χ2n) is 25.8. The Bertz CT molecular complexity index is 1720. The average Bonchev–Trinajstić information content (AvgIpc) is 3.65. The van der Waals surface area contributed by atoms with Crippen LogP contribution in [0, 0.1) is 17.8 Å². The number of hydrogen-bond acceptors (Lipinski definition) is 15. The highest BCUT2D eigenvalue weighted by Crippen LogP contribution is 2.45. The Hall–Kier alpha value is -1.94. The first kappa shape index (κ1) is 85.1. The molecule has 0 aromatic carbocycles. The minimum absolute atomic E-state index is 0.102. The van der Waals surface area contributed by atoms with Gasteiger partial charge in [0.2, 0.25) is 0 Å². The van der Waals surface area contributed by atoms with Crippen LogP contribution >= 0.6 is 15.6 Å². The van der Waals surface area contributed by atoms with Gasteiger partial charge in [0.25, 0.3) is 0 Å². The first-order chi connectivity index (χ1) is 41.8. The van der Waals surface area contributed by atoms with Crippen LogP contribution < -0.4 is 0 Å². The summed E-state index contributed by atoms with van der Waals surface area (Å²) < 4.78 is 68.1. The molecule has 0 saturated heterocycles. The van der Waals surface area contributed by atoms with Crippen molar-refractivity contribution in [3.63, 3.8) is 0 Å². The predicted molar refractivity (Wildman–Crippen MR) is 349 cm³/mol. The minimum Gasteiger partial charge on any atom is -0.462 e. The van der Waals surface area contributed by atoms with Gasteiger partial charge in [-0.05, 0) is 43.4 Å². The standard InChI is InChI=1S/C68H132O17P2/c1-8-10-11-12-13-14-15-16-17-18-19-20-21-28-37-44-51-67(72)84-63(55-78-65(70)49-42-35-27-23-22-26-34-41-48-61(7)9-2)57-82-86(74,75)80-53-62(69)54-81-87(76,77)83-58-64(56-79-66(71)50-43-36-31-30-33-40-47-60(5)6)85-68(73)52-45-38-29-24-25-32-39-46-59(3)4/h59-64,69H,8-58H2,1-7H3,(H,74,75)(H,76,77)/t61?,62-,63-,64-/m1/s1. The summed E-state index contributed by atoms with van der Waals surface area (Å²) in [5, 5.41) is 10.6. The summed E-state index contributed by atoms with van der Waals surface area (Å²) >= 11 is 0. The Labute approximate surface area is 530 Å². The molecule has 0 bridgehead atoms. The van der Waals surface area contributed by atoms with Gasteiger partial charge in [-0.3, -0.25) is 37.3 Å². The van der Waals surface area contributed by atoms with Crippen LogP contribution in [0.2, 0.25) is 0 Å². The van der Waals surface area contributed by atoms with Gasteiger partial charge in [-0.15, -0.1) is 0 Å². The monoisotopic (exact) mass is 1280 g/mol. The van der Waals surface area contributed by atoms with Crippen LogP contribution in [0.3, 0.4) is 0 Å². The molecule has 0 aromatic rings. The summed E-state index contributed by atoms with van der Waals surface area (Å²) in [6.45, 7) is 11.7. The maximum atomic E-state index is 13.0. The SMILES string of the molecule is CCCCCCCCCCCCCCCCCCC(=O)O[C@H](COC(=O)CCCCCCCCCCC(C)CC)COP(=O)(O)OC[C@@H](O)COP(=O)(O)OC[C@@H](COC(=O)CCCCCCCCC(C)C)OC(=O)CCCCCCCCCC(C)C. The summed E-state index contributed by atoms with van der Waals surface area (Å²) in [5.41, 5.74) is 0. The van der Waals surface area contributed by atoms with E-state index in [1.807, 2.05) is 0 Å². The van der Waals surface area contributed by atoms with Crippen molar-refractivity contribution in [2.45, 2.75) is 356 Å². The van der Waals surface area contributed by atoms with Gasteiger partial charge in [-0.1, -0.05) is 286 Å². The first-order valence-electron chi connectivity index (χ1n) is 35.4. The van der Waals surface area contributed by atoms with Crippen molar-refractivity contribution >= 4 is 39.5 Å². The third kappa shape index (κ3) is 61.3. The van der Waals surface area contributed by atoms with E-state index in [4.69, 9.17) is 37.0 Å². The molecule has 0 aliphatic carbocycles. The molecule has 0 saturated carbocycles. The van der Waals surface area contributed by atoms with Gasteiger partial charge < -0.3 is 33.8 Å². The van der Waals surface area contributed by atoms with Crippen LogP contribution in [0.1, 0.15) is 337 Å². The molecule has 0 fully saturated rings. The molecule has 0 spiro atoms. The molecule has 3 N–H and O–H groups in total. The maximum absolute atomic E-state index is 13.0. The first-order valence-corrected chi connectivity index (χ1v) is 38.4. The van der Waals surface area contributed by atoms with E-state index in [9.17, 15) is 43.2 Å². The van der Waals surface area contributed by atoms with Crippen LogP contribution in [0.25, 0.3) is 0 Å². The number of carbonyl (C=O) groups is 4. The zero-order chi connectivity index (χ0) is 64.5. The average molecular weight is 1280 g/mol. The van der Waals surface area contributed by atoms with E-state index in [1.165, 1.54) is 141 Å². The molecule has 87 heavy (non-hydrogen) atoms. The number of aliphatic hydroxyl groups excluding tert-OH is 1. The number of rotatable bonds is 66. The van der Waals surface area contributed by atoms with E-state index in [2.05, 4.69) is 48.5 Å². The Morgan fingerprint density at radius 3 is 0.874 bits per heavy atom. The second-order valence-corrected chi connectivity index (χ2v) is 28.7. The Morgan fingerprint density at radius 1 is 0.333 bits per heavy atom. The Morgan fingerprint density at radius 2 is 0.586 bits per heavy atom. The van der Waals surface area contributed by atoms with Crippen LogP contribution in [-0.4, -0.2) is 96.7 Å². The molecule has 3 unspecified atom stereocenters. The topological polar surface area (TPSA) is 237 Å². The largest absolute Gasteiger partial charge is 0.472 e. The molecule has 0 amide bonds. The molecular weight excluding hydrogens is 1150 g/mol.